The molecule has 47 heavy (non-hydrogen) atoms. The van der Waals surface area contributed by atoms with E-state index in [1.807, 2.05) is 48.5 Å². The van der Waals surface area contributed by atoms with Gasteiger partial charge in [-0.25, -0.2) is 9.97 Å². The summed E-state index contributed by atoms with van der Waals surface area (Å²) in [5, 5.41) is 8.99. The molecular formula is C37H43N7O3. The molecule has 244 valence electrons. The van der Waals surface area contributed by atoms with Crippen molar-refractivity contribution in [2.75, 3.05) is 64.3 Å². The highest BCUT2D eigenvalue weighted by molar-refractivity contribution is 5.99. The number of nitrogens with zero attached hydrogens (tertiary/aromatic N) is 7. The van der Waals surface area contributed by atoms with Gasteiger partial charge in [0.05, 0.1) is 24.0 Å². The van der Waals surface area contributed by atoms with E-state index in [4.69, 9.17) is 5.26 Å². The van der Waals surface area contributed by atoms with Crippen LogP contribution >= 0.6 is 0 Å². The number of aromatic nitrogens is 2. The number of hydrogen-bond acceptors (Lipinski definition) is 9. The molecule has 4 heterocycles. The van der Waals surface area contributed by atoms with Crippen molar-refractivity contribution in [3.8, 4) is 6.07 Å². The summed E-state index contributed by atoms with van der Waals surface area (Å²) in [5.74, 6) is 0.0670. The minimum atomic E-state index is -0.214. The van der Waals surface area contributed by atoms with Crippen LogP contribution in [0, 0.1) is 23.2 Å². The number of Topliss-reactive ketones (excluding diaryl/α,β-unsaturated/α-hetero) is 2. The molecule has 0 radical (unpaired) electrons. The minimum Gasteiger partial charge on any atom is -0.369 e. The number of anilines is 1. The summed E-state index contributed by atoms with van der Waals surface area (Å²) in [4.78, 5) is 56.8. The number of likely N-dealkylation sites (N-methyl/N-ethyl adjacent to an activating group) is 1. The Labute approximate surface area is 277 Å². The first kappa shape index (κ1) is 32.5. The van der Waals surface area contributed by atoms with E-state index in [1.54, 1.807) is 4.90 Å². The summed E-state index contributed by atoms with van der Waals surface area (Å²) in [7, 11) is 2.14. The van der Waals surface area contributed by atoms with E-state index in [-0.39, 0.29) is 29.1 Å². The van der Waals surface area contributed by atoms with Crippen LogP contribution < -0.4 is 4.90 Å². The first-order valence-electron chi connectivity index (χ1n) is 16.8. The molecule has 3 saturated heterocycles. The minimum absolute atomic E-state index is 0.0436. The second-order valence-electron chi connectivity index (χ2n) is 13.2. The number of rotatable bonds is 9. The van der Waals surface area contributed by atoms with E-state index in [0.29, 0.717) is 49.5 Å². The Hall–Kier alpha value is -4.46. The van der Waals surface area contributed by atoms with E-state index in [9.17, 15) is 14.4 Å². The number of nitriles is 1. The molecule has 1 aromatic heterocycles. The lowest BCUT2D eigenvalue weighted by molar-refractivity contribution is 0.0645. The Morgan fingerprint density at radius 1 is 0.787 bits per heavy atom. The van der Waals surface area contributed by atoms with Gasteiger partial charge < -0.3 is 14.7 Å². The van der Waals surface area contributed by atoms with Gasteiger partial charge in [0.1, 0.15) is 11.4 Å². The third-order valence-corrected chi connectivity index (χ3v) is 10.0. The van der Waals surface area contributed by atoms with Gasteiger partial charge >= 0.3 is 0 Å². The maximum Gasteiger partial charge on any atom is 0.274 e. The fourth-order valence-electron chi connectivity index (χ4n) is 6.88. The molecule has 1 amide bonds. The lowest BCUT2D eigenvalue weighted by Gasteiger charge is -2.34. The highest BCUT2D eigenvalue weighted by atomic mass is 16.2. The van der Waals surface area contributed by atoms with Gasteiger partial charge in [-0.15, -0.1) is 0 Å². The predicted octanol–water partition coefficient (Wildman–Crippen LogP) is 4.32. The van der Waals surface area contributed by atoms with Gasteiger partial charge in [0.25, 0.3) is 5.91 Å². The lowest BCUT2D eigenvalue weighted by Crippen LogP contribution is -2.44. The van der Waals surface area contributed by atoms with Crippen LogP contribution in [0.2, 0.25) is 0 Å². The fraction of sp³-hybridized carbons (Fsp3) is 0.459. The van der Waals surface area contributed by atoms with Gasteiger partial charge in [-0.05, 0) is 93.7 Å². The summed E-state index contributed by atoms with van der Waals surface area (Å²) in [5.41, 5.74) is 4.25. The van der Waals surface area contributed by atoms with Gasteiger partial charge in [0.15, 0.2) is 11.6 Å². The summed E-state index contributed by atoms with van der Waals surface area (Å²) in [6.07, 6.45) is 6.36. The molecule has 0 bridgehead atoms. The van der Waals surface area contributed by atoms with Crippen LogP contribution in [0.1, 0.15) is 74.6 Å². The molecule has 3 aliphatic heterocycles. The van der Waals surface area contributed by atoms with Crippen molar-refractivity contribution in [1.29, 1.82) is 5.26 Å². The number of carbonyl (C=O) groups is 3. The normalized spacial score (nSPS) is 18.6. The second-order valence-corrected chi connectivity index (χ2v) is 13.2. The predicted molar refractivity (Wildman–Crippen MR) is 179 cm³/mol. The summed E-state index contributed by atoms with van der Waals surface area (Å²) >= 11 is 0. The van der Waals surface area contributed by atoms with Gasteiger partial charge in [0.2, 0.25) is 0 Å². The van der Waals surface area contributed by atoms with E-state index in [0.717, 1.165) is 69.9 Å². The fourth-order valence-corrected chi connectivity index (χ4v) is 6.88. The molecule has 0 spiro atoms. The van der Waals surface area contributed by atoms with Crippen molar-refractivity contribution in [3.63, 3.8) is 0 Å². The molecule has 0 unspecified atom stereocenters. The number of hydrogen-bond donors (Lipinski definition) is 0. The first-order chi connectivity index (χ1) is 22.9. The zero-order valence-electron chi connectivity index (χ0n) is 27.2. The number of amides is 1. The molecule has 3 aromatic rings. The number of carbonyl (C=O) groups excluding carboxylic acids is 3. The molecule has 6 rings (SSSR count). The maximum absolute atomic E-state index is 13.2. The van der Waals surface area contributed by atoms with E-state index in [2.05, 4.69) is 37.8 Å². The van der Waals surface area contributed by atoms with Crippen LogP contribution in [0.15, 0.2) is 60.9 Å². The lowest BCUT2D eigenvalue weighted by atomic mass is 9.88. The Kier molecular flexibility index (Phi) is 10.3. The first-order valence-corrected chi connectivity index (χ1v) is 16.8. The molecule has 0 aliphatic carbocycles. The van der Waals surface area contributed by atoms with Crippen LogP contribution in [-0.2, 0) is 6.54 Å². The van der Waals surface area contributed by atoms with Gasteiger partial charge in [-0.3, -0.25) is 19.3 Å². The topological polar surface area (TPSA) is 114 Å². The SMILES string of the molecule is CN1CCN(c2ccc(C(=O)C3CCN(C(=O)c4cnc(C(=O)CC5CCN(Cc6ccc(C#N)cc6)CC5)cn4)CC3)cc2)CC1. The van der Waals surface area contributed by atoms with Gasteiger partial charge in [-0.2, -0.15) is 5.26 Å². The molecule has 10 heteroatoms. The van der Waals surface area contributed by atoms with Crippen molar-refractivity contribution < 1.29 is 14.4 Å². The monoisotopic (exact) mass is 633 g/mol. The molecule has 2 aromatic carbocycles. The Morgan fingerprint density at radius 3 is 2.04 bits per heavy atom. The maximum atomic E-state index is 13.2. The zero-order valence-corrected chi connectivity index (χ0v) is 27.2. The van der Waals surface area contributed by atoms with Crippen LogP contribution in [0.5, 0.6) is 0 Å². The van der Waals surface area contributed by atoms with Crippen molar-refractivity contribution in [2.24, 2.45) is 11.8 Å². The number of benzene rings is 2. The third kappa shape index (κ3) is 8.10. The van der Waals surface area contributed by atoms with E-state index >= 15 is 0 Å². The van der Waals surface area contributed by atoms with E-state index in [1.165, 1.54) is 18.0 Å². The van der Waals surface area contributed by atoms with Crippen molar-refractivity contribution in [3.05, 3.63) is 89.0 Å². The Bertz CT molecular complexity index is 1580. The number of likely N-dealkylation sites (tertiary alicyclic amines) is 2. The van der Waals surface area contributed by atoms with E-state index < -0.39 is 0 Å². The highest BCUT2D eigenvalue weighted by Crippen LogP contribution is 2.26. The van der Waals surface area contributed by atoms with Crippen molar-refractivity contribution in [1.82, 2.24) is 24.7 Å². The highest BCUT2D eigenvalue weighted by Gasteiger charge is 2.30. The molecule has 3 fully saturated rings. The molecule has 0 atom stereocenters. The van der Waals surface area contributed by atoms with Crippen molar-refractivity contribution in [2.45, 2.75) is 38.6 Å². The van der Waals surface area contributed by atoms with Crippen LogP contribution in [0.25, 0.3) is 0 Å². The summed E-state index contributed by atoms with van der Waals surface area (Å²) in [6, 6.07) is 17.8. The average molecular weight is 634 g/mol. The average Bonchev–Trinajstić information content (AvgIpc) is 3.12. The standard InChI is InChI=1S/C37H43N7O3/c1-41-18-20-43(21-19-41)32-8-6-30(7-9-32)36(46)31-12-16-44(17-13-31)37(47)34-25-39-33(24-40-34)35(45)22-27-10-14-42(15-11-27)26-29-4-2-28(23-38)3-5-29/h2-9,24-25,27,31H,10-22,26H2,1H3. The van der Waals surface area contributed by atoms with Crippen LogP contribution in [0.3, 0.4) is 0 Å². The third-order valence-electron chi connectivity index (χ3n) is 10.0. The number of piperidine rings is 2. The molecule has 0 saturated carbocycles. The van der Waals surface area contributed by atoms with Gasteiger partial charge in [-0.1, -0.05) is 12.1 Å². The second kappa shape index (κ2) is 15.0. The zero-order chi connectivity index (χ0) is 32.8. The molecular weight excluding hydrogens is 590 g/mol. The summed E-state index contributed by atoms with van der Waals surface area (Å²) < 4.78 is 0. The van der Waals surface area contributed by atoms with Crippen molar-refractivity contribution >= 4 is 23.2 Å². The Morgan fingerprint density at radius 2 is 1.43 bits per heavy atom. The molecule has 0 N–H and O–H groups in total. The van der Waals surface area contributed by atoms with Crippen LogP contribution in [-0.4, -0.2) is 102 Å². The molecule has 3 aliphatic rings. The largest absolute Gasteiger partial charge is 0.369 e. The van der Waals surface area contributed by atoms with Gasteiger partial charge in [0, 0.05) is 69.4 Å². The smallest absolute Gasteiger partial charge is 0.274 e. The molecule has 10 nitrogen and oxygen atoms in total. The summed E-state index contributed by atoms with van der Waals surface area (Å²) in [6.45, 7) is 7.70. The Balaban J connectivity index is 0.934. The van der Waals surface area contributed by atoms with Crippen LogP contribution in [0.4, 0.5) is 5.69 Å². The number of ketones is 2. The quantitative estimate of drug-likeness (QED) is 0.318. The number of piperazine rings is 1.